The lowest BCUT2D eigenvalue weighted by atomic mass is 10.1. The number of esters is 1. The van der Waals surface area contributed by atoms with E-state index < -0.39 is 0 Å². The molecule has 0 amide bonds. The SMILES string of the molecule is CCOC(=O)c1ccccc1Nc1ccnc(N2c3ccccc3CC2C)n1. The fourth-order valence-corrected chi connectivity index (χ4v) is 3.52. The zero-order valence-electron chi connectivity index (χ0n) is 15.9. The fraction of sp³-hybridized carbons (Fsp3) is 0.227. The van der Waals surface area contributed by atoms with Gasteiger partial charge in [-0.25, -0.2) is 9.78 Å². The molecular formula is C22H22N4O2. The van der Waals surface area contributed by atoms with Crippen LogP contribution >= 0.6 is 0 Å². The van der Waals surface area contributed by atoms with Crippen LogP contribution in [0.4, 0.5) is 23.1 Å². The summed E-state index contributed by atoms with van der Waals surface area (Å²) in [5, 5.41) is 3.24. The number of aromatic nitrogens is 2. The van der Waals surface area contributed by atoms with Gasteiger partial charge in [0, 0.05) is 17.9 Å². The molecule has 1 aliphatic rings. The number of carbonyl (C=O) groups excluding carboxylic acids is 1. The lowest BCUT2D eigenvalue weighted by Crippen LogP contribution is -2.26. The van der Waals surface area contributed by atoms with Crippen molar-refractivity contribution in [3.63, 3.8) is 0 Å². The molecule has 1 atom stereocenters. The number of nitrogens with zero attached hydrogens (tertiary/aromatic N) is 3. The summed E-state index contributed by atoms with van der Waals surface area (Å²) in [6.45, 7) is 4.29. The number of para-hydroxylation sites is 2. The van der Waals surface area contributed by atoms with Crippen molar-refractivity contribution in [2.24, 2.45) is 0 Å². The number of rotatable bonds is 5. The molecule has 0 radical (unpaired) electrons. The summed E-state index contributed by atoms with van der Waals surface area (Å²) in [7, 11) is 0. The molecule has 142 valence electrons. The molecule has 1 aromatic heterocycles. The number of anilines is 4. The molecule has 1 aliphatic heterocycles. The van der Waals surface area contributed by atoms with Crippen molar-refractivity contribution >= 4 is 29.1 Å². The van der Waals surface area contributed by atoms with Crippen LogP contribution in [0.15, 0.2) is 60.8 Å². The molecule has 0 saturated carbocycles. The first-order valence-corrected chi connectivity index (χ1v) is 9.40. The second kappa shape index (κ2) is 7.68. The average molecular weight is 374 g/mol. The first-order valence-electron chi connectivity index (χ1n) is 9.40. The lowest BCUT2D eigenvalue weighted by Gasteiger charge is -2.23. The Kier molecular flexibility index (Phi) is 4.93. The molecule has 0 fully saturated rings. The van der Waals surface area contributed by atoms with Crippen molar-refractivity contribution in [2.45, 2.75) is 26.3 Å². The van der Waals surface area contributed by atoms with E-state index in [1.807, 2.05) is 24.3 Å². The number of hydrogen-bond donors (Lipinski definition) is 1. The first kappa shape index (κ1) is 18.0. The smallest absolute Gasteiger partial charge is 0.340 e. The molecule has 1 unspecified atom stereocenters. The van der Waals surface area contributed by atoms with Crippen molar-refractivity contribution in [1.82, 2.24) is 9.97 Å². The van der Waals surface area contributed by atoms with Gasteiger partial charge in [0.2, 0.25) is 5.95 Å². The molecule has 0 bridgehead atoms. The molecule has 3 aromatic rings. The molecular weight excluding hydrogens is 352 g/mol. The fourth-order valence-electron chi connectivity index (χ4n) is 3.52. The highest BCUT2D eigenvalue weighted by molar-refractivity contribution is 5.96. The Balaban J connectivity index is 1.64. The van der Waals surface area contributed by atoms with E-state index in [-0.39, 0.29) is 12.0 Å². The molecule has 1 N–H and O–H groups in total. The van der Waals surface area contributed by atoms with Gasteiger partial charge in [0.25, 0.3) is 0 Å². The maximum absolute atomic E-state index is 12.2. The van der Waals surface area contributed by atoms with E-state index in [0.717, 1.165) is 12.1 Å². The molecule has 6 nitrogen and oxygen atoms in total. The van der Waals surface area contributed by atoms with Gasteiger partial charge in [0.1, 0.15) is 5.82 Å². The molecule has 2 aromatic carbocycles. The molecule has 4 rings (SSSR count). The van der Waals surface area contributed by atoms with E-state index in [1.165, 1.54) is 5.56 Å². The Morgan fingerprint density at radius 3 is 2.82 bits per heavy atom. The van der Waals surface area contributed by atoms with Crippen molar-refractivity contribution in [3.8, 4) is 0 Å². The van der Waals surface area contributed by atoms with E-state index in [1.54, 1.807) is 25.3 Å². The minimum atomic E-state index is -0.359. The highest BCUT2D eigenvalue weighted by Gasteiger charge is 2.28. The van der Waals surface area contributed by atoms with Crippen molar-refractivity contribution in [3.05, 3.63) is 71.9 Å². The molecule has 0 spiro atoms. The summed E-state index contributed by atoms with van der Waals surface area (Å²) < 4.78 is 5.14. The quantitative estimate of drug-likeness (QED) is 0.664. The average Bonchev–Trinajstić information content (AvgIpc) is 3.04. The van der Waals surface area contributed by atoms with Crippen molar-refractivity contribution in [2.75, 3.05) is 16.8 Å². The van der Waals surface area contributed by atoms with Crippen molar-refractivity contribution in [1.29, 1.82) is 0 Å². The first-order chi connectivity index (χ1) is 13.7. The predicted molar refractivity (Wildman–Crippen MR) is 109 cm³/mol. The number of ether oxygens (including phenoxy) is 1. The topological polar surface area (TPSA) is 67.3 Å². The van der Waals surface area contributed by atoms with E-state index in [9.17, 15) is 4.79 Å². The van der Waals surface area contributed by atoms with E-state index in [0.29, 0.717) is 29.6 Å². The number of nitrogens with one attached hydrogen (secondary N) is 1. The molecule has 0 aliphatic carbocycles. The summed E-state index contributed by atoms with van der Waals surface area (Å²) in [6, 6.07) is 17.6. The zero-order chi connectivity index (χ0) is 19.5. The van der Waals surface area contributed by atoms with Crippen LogP contribution in [0, 0.1) is 0 Å². The van der Waals surface area contributed by atoms with Gasteiger partial charge in [-0.15, -0.1) is 0 Å². The van der Waals surface area contributed by atoms with Crippen LogP contribution in [-0.2, 0) is 11.2 Å². The van der Waals surface area contributed by atoms with Crippen LogP contribution in [-0.4, -0.2) is 28.6 Å². The maximum atomic E-state index is 12.2. The molecule has 0 saturated heterocycles. The molecule has 2 heterocycles. The third kappa shape index (κ3) is 3.41. The van der Waals surface area contributed by atoms with Crippen LogP contribution in [0.1, 0.15) is 29.8 Å². The van der Waals surface area contributed by atoms with Gasteiger partial charge < -0.3 is 15.0 Å². The second-order valence-electron chi connectivity index (χ2n) is 6.68. The normalized spacial score (nSPS) is 15.2. The summed E-state index contributed by atoms with van der Waals surface area (Å²) in [5.74, 6) is 0.899. The monoisotopic (exact) mass is 374 g/mol. The standard InChI is InChI=1S/C22H22N4O2/c1-3-28-21(27)17-9-5-6-10-18(17)24-20-12-13-23-22(25-20)26-15(2)14-16-8-4-7-11-19(16)26/h4-13,15H,3,14H2,1-2H3,(H,23,24,25). The zero-order valence-corrected chi connectivity index (χ0v) is 15.9. The van der Waals surface area contributed by atoms with Crippen LogP contribution in [0.2, 0.25) is 0 Å². The van der Waals surface area contributed by atoms with E-state index >= 15 is 0 Å². The molecule has 6 heteroatoms. The van der Waals surface area contributed by atoms with Crippen LogP contribution in [0.25, 0.3) is 0 Å². The van der Waals surface area contributed by atoms with Crippen LogP contribution < -0.4 is 10.2 Å². The third-order valence-corrected chi connectivity index (χ3v) is 4.75. The minimum absolute atomic E-state index is 0.277. The molecule has 28 heavy (non-hydrogen) atoms. The van der Waals surface area contributed by atoms with Gasteiger partial charge in [-0.1, -0.05) is 30.3 Å². The highest BCUT2D eigenvalue weighted by atomic mass is 16.5. The largest absolute Gasteiger partial charge is 0.462 e. The number of benzene rings is 2. The van der Waals surface area contributed by atoms with Crippen LogP contribution in [0.5, 0.6) is 0 Å². The third-order valence-electron chi connectivity index (χ3n) is 4.75. The summed E-state index contributed by atoms with van der Waals surface area (Å²) >= 11 is 0. The Hall–Kier alpha value is -3.41. The summed E-state index contributed by atoms with van der Waals surface area (Å²) in [5.41, 5.74) is 3.56. The second-order valence-corrected chi connectivity index (χ2v) is 6.68. The number of carbonyl (C=O) groups is 1. The number of fused-ring (bicyclic) bond motifs is 1. The lowest BCUT2D eigenvalue weighted by molar-refractivity contribution is 0.0527. The van der Waals surface area contributed by atoms with Gasteiger partial charge in [0.05, 0.1) is 17.9 Å². The van der Waals surface area contributed by atoms with E-state index in [2.05, 4.69) is 40.3 Å². The van der Waals surface area contributed by atoms with Gasteiger partial charge in [-0.3, -0.25) is 0 Å². The Morgan fingerprint density at radius 1 is 1.18 bits per heavy atom. The predicted octanol–water partition coefficient (Wildman–Crippen LogP) is 4.48. The number of hydrogen-bond acceptors (Lipinski definition) is 6. The maximum Gasteiger partial charge on any atom is 0.340 e. The van der Waals surface area contributed by atoms with Gasteiger partial charge >= 0.3 is 5.97 Å². The Morgan fingerprint density at radius 2 is 1.96 bits per heavy atom. The summed E-state index contributed by atoms with van der Waals surface area (Å²) in [6.07, 6.45) is 2.69. The van der Waals surface area contributed by atoms with Crippen molar-refractivity contribution < 1.29 is 9.53 Å². The Labute approximate surface area is 164 Å². The van der Waals surface area contributed by atoms with Gasteiger partial charge in [-0.05, 0) is 50.1 Å². The highest BCUT2D eigenvalue weighted by Crippen LogP contribution is 2.36. The Bertz CT molecular complexity index is 1010. The van der Waals surface area contributed by atoms with E-state index in [4.69, 9.17) is 9.72 Å². The minimum Gasteiger partial charge on any atom is -0.462 e. The van der Waals surface area contributed by atoms with Gasteiger partial charge in [-0.2, -0.15) is 4.98 Å². The van der Waals surface area contributed by atoms with Gasteiger partial charge in [0.15, 0.2) is 0 Å². The van der Waals surface area contributed by atoms with Crippen LogP contribution in [0.3, 0.4) is 0 Å². The summed E-state index contributed by atoms with van der Waals surface area (Å²) in [4.78, 5) is 23.5.